The predicted molar refractivity (Wildman–Crippen MR) is 80.2 cm³/mol. The highest BCUT2D eigenvalue weighted by atomic mass is 35.5. The number of benzene rings is 1. The Labute approximate surface area is 137 Å². The number of amidine groups is 1. The molecular weight excluding hydrogens is 355 g/mol. The van der Waals surface area contributed by atoms with Crippen LogP contribution in [0.3, 0.4) is 0 Å². The van der Waals surface area contributed by atoms with Gasteiger partial charge in [0.2, 0.25) is 5.16 Å². The molecule has 1 N–H and O–H groups in total. The van der Waals surface area contributed by atoms with Crippen molar-refractivity contribution >= 4 is 34.9 Å². The van der Waals surface area contributed by atoms with Gasteiger partial charge in [-0.25, -0.2) is 9.67 Å². The lowest BCUT2D eigenvalue weighted by atomic mass is 10.3. The smallest absolute Gasteiger partial charge is 0.453 e. The summed E-state index contributed by atoms with van der Waals surface area (Å²) in [7, 11) is 1.48. The monoisotopic (exact) mass is 363 g/mol. The number of hydrogen-bond donors (Lipinski definition) is 1. The number of methoxy groups -OCH3 is 1. The summed E-state index contributed by atoms with van der Waals surface area (Å²) in [6.45, 7) is 0. The molecule has 0 amide bonds. The number of ether oxygens (including phenoxy) is 1. The summed E-state index contributed by atoms with van der Waals surface area (Å²) in [6, 6.07) is 4.84. The molecule has 122 valence electrons. The molecule has 2 aromatic rings. The van der Waals surface area contributed by atoms with E-state index in [4.69, 9.17) is 16.3 Å². The predicted octanol–water partition coefficient (Wildman–Crippen LogP) is 3.34. The van der Waals surface area contributed by atoms with Gasteiger partial charge in [-0.05, 0) is 18.2 Å². The van der Waals surface area contributed by atoms with Crippen LogP contribution in [-0.4, -0.2) is 33.6 Å². The molecule has 23 heavy (non-hydrogen) atoms. The van der Waals surface area contributed by atoms with Crippen LogP contribution in [0.5, 0.6) is 5.75 Å². The van der Waals surface area contributed by atoms with E-state index in [1.165, 1.54) is 7.11 Å². The summed E-state index contributed by atoms with van der Waals surface area (Å²) in [5, 5.41) is 7.15. The number of nitrogens with one attached hydrogen (secondary N) is 1. The fourth-order valence-corrected chi connectivity index (χ4v) is 2.89. The van der Waals surface area contributed by atoms with Crippen molar-refractivity contribution in [1.82, 2.24) is 14.9 Å². The van der Waals surface area contributed by atoms with Gasteiger partial charge in [0.25, 0.3) is 5.82 Å². The van der Waals surface area contributed by atoms with Gasteiger partial charge >= 0.3 is 6.18 Å². The second-order valence-electron chi connectivity index (χ2n) is 4.42. The van der Waals surface area contributed by atoms with Gasteiger partial charge in [-0.3, -0.25) is 5.43 Å². The third kappa shape index (κ3) is 3.22. The number of rotatable bonds is 2. The summed E-state index contributed by atoms with van der Waals surface area (Å²) in [5.41, 5.74) is 3.06. The number of alkyl halides is 3. The summed E-state index contributed by atoms with van der Waals surface area (Å²) in [4.78, 5) is 4.26. The molecule has 0 saturated heterocycles. The van der Waals surface area contributed by atoms with Crippen molar-refractivity contribution in [3.63, 3.8) is 0 Å². The summed E-state index contributed by atoms with van der Waals surface area (Å²) in [5.74, 6) is 0.0239. The van der Waals surface area contributed by atoms with Gasteiger partial charge in [-0.2, -0.15) is 13.2 Å². The van der Waals surface area contributed by atoms with Gasteiger partial charge in [-0.1, -0.05) is 23.4 Å². The second-order valence-corrected chi connectivity index (χ2v) is 5.77. The maximum atomic E-state index is 12.9. The quantitative estimate of drug-likeness (QED) is 0.886. The number of thioether (sulfide) groups is 1. The maximum Gasteiger partial charge on any atom is 0.453 e. The molecule has 6 nitrogen and oxygen atoms in total. The van der Waals surface area contributed by atoms with Crippen LogP contribution in [0.1, 0.15) is 5.82 Å². The zero-order valence-corrected chi connectivity index (χ0v) is 13.1. The summed E-state index contributed by atoms with van der Waals surface area (Å²) < 4.78 is 44.4. The third-order valence-corrected chi connectivity index (χ3v) is 4.10. The van der Waals surface area contributed by atoms with Crippen LogP contribution in [0.2, 0.25) is 5.02 Å². The van der Waals surface area contributed by atoms with Gasteiger partial charge in [0, 0.05) is 0 Å². The number of aliphatic imine (C=N–C) groups is 1. The molecule has 0 bridgehead atoms. The van der Waals surface area contributed by atoms with E-state index in [2.05, 4.69) is 20.6 Å². The first-order valence-corrected chi connectivity index (χ1v) is 7.58. The molecule has 1 aromatic carbocycles. The van der Waals surface area contributed by atoms with Gasteiger partial charge in [0.15, 0.2) is 0 Å². The molecule has 0 unspecified atom stereocenters. The third-order valence-electron chi connectivity index (χ3n) is 2.87. The summed E-state index contributed by atoms with van der Waals surface area (Å²) in [6.07, 6.45) is -4.61. The van der Waals surface area contributed by atoms with Crippen LogP contribution in [0, 0.1) is 0 Å². The van der Waals surface area contributed by atoms with Crippen molar-refractivity contribution in [1.29, 1.82) is 0 Å². The molecule has 1 aliphatic rings. The van der Waals surface area contributed by atoms with E-state index in [1.54, 1.807) is 18.2 Å². The van der Waals surface area contributed by atoms with Crippen molar-refractivity contribution in [3.05, 3.63) is 29.0 Å². The molecule has 0 radical (unpaired) electrons. The molecule has 0 saturated carbocycles. The number of hydrogen-bond acceptors (Lipinski definition) is 5. The van der Waals surface area contributed by atoms with Crippen LogP contribution >= 0.6 is 23.4 Å². The van der Waals surface area contributed by atoms with Crippen molar-refractivity contribution in [2.75, 3.05) is 18.3 Å². The van der Waals surface area contributed by atoms with E-state index in [9.17, 15) is 13.2 Å². The molecule has 0 spiro atoms. The second kappa shape index (κ2) is 5.93. The molecule has 0 aliphatic carbocycles. The van der Waals surface area contributed by atoms with Crippen molar-refractivity contribution < 1.29 is 17.9 Å². The van der Waals surface area contributed by atoms with Crippen molar-refractivity contribution in [3.8, 4) is 5.75 Å². The normalized spacial score (nSPS) is 16.1. The Balaban J connectivity index is 1.89. The highest BCUT2D eigenvalue weighted by molar-refractivity contribution is 7.99. The topological polar surface area (TPSA) is 64.3 Å². The molecule has 2 heterocycles. The molecule has 3 rings (SSSR count). The van der Waals surface area contributed by atoms with Gasteiger partial charge in [0.05, 0.1) is 23.6 Å². The lowest BCUT2D eigenvalue weighted by Crippen LogP contribution is -2.33. The lowest BCUT2D eigenvalue weighted by molar-refractivity contribution is -0.146. The van der Waals surface area contributed by atoms with E-state index in [-0.39, 0.29) is 5.16 Å². The highest BCUT2D eigenvalue weighted by Gasteiger charge is 2.40. The molecule has 0 fully saturated rings. The van der Waals surface area contributed by atoms with Crippen LogP contribution in [-0.2, 0) is 6.18 Å². The fourth-order valence-electron chi connectivity index (χ4n) is 1.88. The molecular formula is C12H9ClF3N5OS. The van der Waals surface area contributed by atoms with Crippen molar-refractivity contribution in [2.45, 2.75) is 11.3 Å². The Kier molecular flexibility index (Phi) is 4.11. The number of nitrogens with zero attached hydrogens (tertiary/aromatic N) is 4. The minimum Gasteiger partial charge on any atom is -0.495 e. The van der Waals surface area contributed by atoms with E-state index < -0.39 is 12.0 Å². The molecule has 0 atom stereocenters. The van der Waals surface area contributed by atoms with Crippen LogP contribution in [0.15, 0.2) is 28.3 Å². The van der Waals surface area contributed by atoms with E-state index in [1.807, 2.05) is 0 Å². The number of fused-ring (bicyclic) bond motifs is 1. The zero-order valence-electron chi connectivity index (χ0n) is 11.6. The first-order chi connectivity index (χ1) is 10.9. The fraction of sp³-hybridized carbons (Fsp3) is 0.250. The highest BCUT2D eigenvalue weighted by Crippen LogP contribution is 2.32. The average molecular weight is 364 g/mol. The SMILES string of the molecule is COc1ccc(N=C2CSc3nnc(C(F)(F)F)n3N2)cc1Cl. The van der Waals surface area contributed by atoms with E-state index >= 15 is 0 Å². The Morgan fingerprint density at radius 3 is 2.83 bits per heavy atom. The summed E-state index contributed by atoms with van der Waals surface area (Å²) >= 11 is 7.11. The zero-order chi connectivity index (χ0) is 16.6. The Morgan fingerprint density at radius 2 is 2.17 bits per heavy atom. The van der Waals surface area contributed by atoms with Gasteiger partial charge < -0.3 is 4.74 Å². The lowest BCUT2D eigenvalue weighted by Gasteiger charge is -2.19. The Morgan fingerprint density at radius 1 is 1.39 bits per heavy atom. The standard InChI is InChI=1S/C12H9ClF3N5OS/c1-22-8-3-2-6(4-7(8)13)17-9-5-23-11-19-18-10(12(14,15)16)21(11)20-9/h2-4H,5H2,1H3,(H,17,20). The van der Waals surface area contributed by atoms with Crippen LogP contribution < -0.4 is 10.2 Å². The minimum atomic E-state index is -4.61. The maximum absolute atomic E-state index is 12.9. The minimum absolute atomic E-state index is 0.129. The Bertz CT molecular complexity index is 777. The van der Waals surface area contributed by atoms with Crippen LogP contribution in [0.25, 0.3) is 0 Å². The van der Waals surface area contributed by atoms with Gasteiger partial charge in [-0.15, -0.1) is 10.2 Å². The Hall–Kier alpha value is -1.94. The number of halogens is 4. The number of aromatic nitrogens is 3. The van der Waals surface area contributed by atoms with Gasteiger partial charge in [0.1, 0.15) is 11.6 Å². The van der Waals surface area contributed by atoms with E-state index in [0.717, 1.165) is 16.4 Å². The molecule has 1 aromatic heterocycles. The largest absolute Gasteiger partial charge is 0.495 e. The molecule has 1 aliphatic heterocycles. The average Bonchev–Trinajstić information content (AvgIpc) is 2.90. The first-order valence-electron chi connectivity index (χ1n) is 6.22. The molecule has 11 heteroatoms. The van der Waals surface area contributed by atoms with Crippen LogP contribution in [0.4, 0.5) is 18.9 Å². The van der Waals surface area contributed by atoms with Crippen molar-refractivity contribution in [2.24, 2.45) is 4.99 Å². The first kappa shape index (κ1) is 15.9. The van der Waals surface area contributed by atoms with E-state index in [0.29, 0.717) is 28.0 Å².